The molecule has 1 heterocycles. The van der Waals surface area contributed by atoms with Crippen LogP contribution in [0.4, 0.5) is 0 Å². The van der Waals surface area contributed by atoms with Gasteiger partial charge in [-0.1, -0.05) is 6.92 Å². The maximum absolute atomic E-state index is 2.41. The first-order chi connectivity index (χ1) is 4.77. The average Bonchev–Trinajstić information content (AvgIpc) is 1.89. The van der Waals surface area contributed by atoms with Crippen LogP contribution in [0.1, 0.15) is 32.6 Å². The Hall–Kier alpha value is -0.110. The summed E-state index contributed by atoms with van der Waals surface area (Å²) in [6.45, 7) is 6.53. The monoisotopic (exact) mass is 161 g/mol. The molecule has 1 nitrogen and oxygen atoms in total. The molecule has 1 rings (SSSR count). The minimum atomic E-state index is 0. The van der Waals surface area contributed by atoms with Gasteiger partial charge in [-0.05, 0) is 25.7 Å². The summed E-state index contributed by atoms with van der Waals surface area (Å²) in [5, 5.41) is 0. The molecule has 0 aromatic rings. The molecule has 0 amide bonds. The van der Waals surface area contributed by atoms with Crippen molar-refractivity contribution in [3.63, 3.8) is 0 Å². The topological polar surface area (TPSA) is 0 Å². The van der Waals surface area contributed by atoms with E-state index in [-0.39, 0.29) is 4.70 Å². The van der Waals surface area contributed by atoms with Gasteiger partial charge >= 0.3 is 0 Å². The standard InChI is InChI=1S/C9H20N.FH/c1-3-7-10(2)8-5-4-6-9-10;/h3-9H2,1-2H3;1H/q+1;/p-1. The molecule has 0 unspecified atom stereocenters. The van der Waals surface area contributed by atoms with Crippen molar-refractivity contribution >= 4 is 0 Å². The highest BCUT2D eigenvalue weighted by Crippen LogP contribution is 2.15. The van der Waals surface area contributed by atoms with E-state index in [1.54, 1.807) is 0 Å². The number of halogens is 1. The van der Waals surface area contributed by atoms with Crippen LogP contribution >= 0.6 is 0 Å². The molecule has 68 valence electrons. The summed E-state index contributed by atoms with van der Waals surface area (Å²) in [5.41, 5.74) is 0. The summed E-state index contributed by atoms with van der Waals surface area (Å²) >= 11 is 0. The van der Waals surface area contributed by atoms with E-state index in [1.165, 1.54) is 49.8 Å². The van der Waals surface area contributed by atoms with Crippen LogP contribution in [-0.4, -0.2) is 31.2 Å². The maximum atomic E-state index is 2.41. The molecule has 0 saturated carbocycles. The fraction of sp³-hybridized carbons (Fsp3) is 1.00. The van der Waals surface area contributed by atoms with E-state index in [9.17, 15) is 0 Å². The molecule has 0 aromatic heterocycles. The first-order valence-electron chi connectivity index (χ1n) is 4.60. The van der Waals surface area contributed by atoms with Crippen LogP contribution in [0.3, 0.4) is 0 Å². The van der Waals surface area contributed by atoms with Crippen LogP contribution in [0.5, 0.6) is 0 Å². The molecular formula is C9H20FN. The zero-order chi connectivity index (χ0) is 7.45. The molecule has 0 spiro atoms. The predicted octanol–water partition coefficient (Wildman–Crippen LogP) is -0.969. The summed E-state index contributed by atoms with van der Waals surface area (Å²) in [5.74, 6) is 0. The summed E-state index contributed by atoms with van der Waals surface area (Å²) in [4.78, 5) is 0. The van der Waals surface area contributed by atoms with Crippen molar-refractivity contribution in [3.05, 3.63) is 0 Å². The molecule has 0 N–H and O–H groups in total. The highest BCUT2D eigenvalue weighted by atomic mass is 19.0. The van der Waals surface area contributed by atoms with Gasteiger partial charge in [0.15, 0.2) is 0 Å². The van der Waals surface area contributed by atoms with Crippen molar-refractivity contribution in [1.82, 2.24) is 0 Å². The number of nitrogens with zero attached hydrogens (tertiary/aromatic N) is 1. The van der Waals surface area contributed by atoms with Crippen molar-refractivity contribution < 1.29 is 9.19 Å². The third kappa shape index (κ3) is 3.19. The van der Waals surface area contributed by atoms with Crippen LogP contribution in [-0.2, 0) is 0 Å². The lowest BCUT2D eigenvalue weighted by Gasteiger charge is -2.37. The number of piperidine rings is 1. The molecule has 0 aliphatic carbocycles. The molecular weight excluding hydrogens is 141 g/mol. The fourth-order valence-corrected chi connectivity index (χ4v) is 2.04. The van der Waals surface area contributed by atoms with Crippen LogP contribution in [0.2, 0.25) is 0 Å². The molecule has 11 heavy (non-hydrogen) atoms. The first-order valence-corrected chi connectivity index (χ1v) is 4.60. The lowest BCUT2D eigenvalue weighted by atomic mass is 10.1. The Morgan fingerprint density at radius 1 is 1.09 bits per heavy atom. The van der Waals surface area contributed by atoms with E-state index < -0.39 is 0 Å². The Bertz CT molecular complexity index is 92.2. The minimum absolute atomic E-state index is 0. The number of hydrogen-bond acceptors (Lipinski definition) is 0. The molecule has 1 aliphatic rings. The fourth-order valence-electron chi connectivity index (χ4n) is 2.04. The normalized spacial score (nSPS) is 22.4. The quantitative estimate of drug-likeness (QED) is 0.457. The van der Waals surface area contributed by atoms with E-state index in [0.717, 1.165) is 0 Å². The van der Waals surface area contributed by atoms with E-state index >= 15 is 0 Å². The summed E-state index contributed by atoms with van der Waals surface area (Å²) < 4.78 is 1.34. The second-order valence-corrected chi connectivity index (χ2v) is 3.85. The summed E-state index contributed by atoms with van der Waals surface area (Å²) in [6, 6.07) is 0. The van der Waals surface area contributed by atoms with Gasteiger partial charge < -0.3 is 9.19 Å². The van der Waals surface area contributed by atoms with Gasteiger partial charge in [0, 0.05) is 0 Å². The number of likely N-dealkylation sites (tertiary alicyclic amines) is 1. The van der Waals surface area contributed by atoms with Gasteiger partial charge in [0.2, 0.25) is 0 Å². The van der Waals surface area contributed by atoms with E-state index in [4.69, 9.17) is 0 Å². The molecule has 1 aliphatic heterocycles. The van der Waals surface area contributed by atoms with Crippen molar-refractivity contribution in [3.8, 4) is 0 Å². The average molecular weight is 161 g/mol. The van der Waals surface area contributed by atoms with Gasteiger partial charge in [0.05, 0.1) is 26.7 Å². The van der Waals surface area contributed by atoms with Crippen molar-refractivity contribution in [1.29, 1.82) is 0 Å². The van der Waals surface area contributed by atoms with Crippen LogP contribution in [0.25, 0.3) is 0 Å². The SMILES string of the molecule is CCC[N+]1(C)CCCCC1.[F-]. The van der Waals surface area contributed by atoms with Crippen molar-refractivity contribution in [2.75, 3.05) is 26.7 Å². The second kappa shape index (κ2) is 4.70. The van der Waals surface area contributed by atoms with Crippen LogP contribution in [0.15, 0.2) is 0 Å². The van der Waals surface area contributed by atoms with Gasteiger partial charge in [-0.25, -0.2) is 0 Å². The molecule has 2 heteroatoms. The molecule has 0 atom stereocenters. The summed E-state index contributed by atoms with van der Waals surface area (Å²) in [6.07, 6.45) is 5.72. The third-order valence-electron chi connectivity index (χ3n) is 2.66. The van der Waals surface area contributed by atoms with Gasteiger partial charge in [-0.15, -0.1) is 0 Å². The number of quaternary nitrogens is 1. The smallest absolute Gasteiger partial charge is 0.0784 e. The zero-order valence-corrected chi connectivity index (χ0v) is 7.77. The van der Waals surface area contributed by atoms with Gasteiger partial charge in [-0.2, -0.15) is 0 Å². The highest BCUT2D eigenvalue weighted by molar-refractivity contribution is 4.50. The molecule has 0 aromatic carbocycles. The Balaban J connectivity index is 0.000001000. The van der Waals surface area contributed by atoms with Gasteiger partial charge in [-0.3, -0.25) is 0 Å². The Morgan fingerprint density at radius 2 is 1.64 bits per heavy atom. The molecule has 1 fully saturated rings. The second-order valence-electron chi connectivity index (χ2n) is 3.85. The largest absolute Gasteiger partial charge is 1.00 e. The zero-order valence-electron chi connectivity index (χ0n) is 7.77. The third-order valence-corrected chi connectivity index (χ3v) is 2.66. The maximum Gasteiger partial charge on any atom is 0.0784 e. The predicted molar refractivity (Wildman–Crippen MR) is 44.9 cm³/mol. The molecule has 0 radical (unpaired) electrons. The Labute approximate surface area is 69.4 Å². The van der Waals surface area contributed by atoms with E-state index in [1.807, 2.05) is 0 Å². The van der Waals surface area contributed by atoms with Gasteiger partial charge in [0.1, 0.15) is 0 Å². The highest BCUT2D eigenvalue weighted by Gasteiger charge is 2.22. The van der Waals surface area contributed by atoms with E-state index in [0.29, 0.717) is 0 Å². The van der Waals surface area contributed by atoms with Crippen molar-refractivity contribution in [2.24, 2.45) is 0 Å². The Morgan fingerprint density at radius 3 is 2.09 bits per heavy atom. The number of rotatable bonds is 2. The van der Waals surface area contributed by atoms with Crippen LogP contribution in [0, 0.1) is 0 Å². The van der Waals surface area contributed by atoms with Crippen molar-refractivity contribution in [2.45, 2.75) is 32.6 Å². The molecule has 0 bridgehead atoms. The van der Waals surface area contributed by atoms with E-state index in [2.05, 4.69) is 14.0 Å². The van der Waals surface area contributed by atoms with Gasteiger partial charge in [0.25, 0.3) is 0 Å². The lowest BCUT2D eigenvalue weighted by Crippen LogP contribution is -3.00. The van der Waals surface area contributed by atoms with Crippen LogP contribution < -0.4 is 4.70 Å². The molecule has 1 saturated heterocycles. The lowest BCUT2D eigenvalue weighted by molar-refractivity contribution is -0.914. The summed E-state index contributed by atoms with van der Waals surface area (Å²) in [7, 11) is 2.41. The minimum Gasteiger partial charge on any atom is -1.00 e. The number of hydrogen-bond donors (Lipinski definition) is 0. The Kier molecular flexibility index (Phi) is 4.66. The first kappa shape index (κ1) is 10.9.